The van der Waals surface area contributed by atoms with E-state index in [0.717, 1.165) is 24.1 Å². The third-order valence-corrected chi connectivity index (χ3v) is 5.22. The molecule has 1 unspecified atom stereocenters. The summed E-state index contributed by atoms with van der Waals surface area (Å²) in [6, 6.07) is 2.26. The molecule has 2 nitrogen and oxygen atoms in total. The molecule has 4 heteroatoms. The van der Waals surface area contributed by atoms with E-state index in [1.165, 1.54) is 23.3 Å². The number of hydrogen-bond donors (Lipinski definition) is 1. The number of amides is 1. The summed E-state index contributed by atoms with van der Waals surface area (Å²) >= 11 is 7.47. The third kappa shape index (κ3) is 3.73. The molecule has 106 valence electrons. The van der Waals surface area contributed by atoms with E-state index in [1.807, 2.05) is 0 Å². The maximum atomic E-state index is 12.3. The van der Waals surface area contributed by atoms with Crippen LogP contribution in [0.3, 0.4) is 0 Å². The second kappa shape index (κ2) is 6.76. The van der Waals surface area contributed by atoms with Crippen LogP contribution in [0.25, 0.3) is 0 Å². The maximum Gasteiger partial charge on any atom is 0.261 e. The first-order chi connectivity index (χ1) is 9.11. The summed E-state index contributed by atoms with van der Waals surface area (Å²) in [6.07, 6.45) is 5.62. The highest BCUT2D eigenvalue weighted by Gasteiger charge is 2.20. The lowest BCUT2D eigenvalue weighted by Crippen LogP contribution is -2.38. The number of alkyl halides is 1. The Morgan fingerprint density at radius 2 is 2.16 bits per heavy atom. The summed E-state index contributed by atoms with van der Waals surface area (Å²) in [4.78, 5) is 14.6. The third-order valence-electron chi connectivity index (χ3n) is 3.76. The topological polar surface area (TPSA) is 29.1 Å². The zero-order valence-corrected chi connectivity index (χ0v) is 13.2. The fourth-order valence-corrected chi connectivity index (χ4v) is 3.92. The lowest BCUT2D eigenvalue weighted by molar-refractivity contribution is 0.0929. The fraction of sp³-hybridized carbons (Fsp3) is 0.667. The molecule has 0 saturated heterocycles. The molecule has 1 aromatic heterocycles. The van der Waals surface area contributed by atoms with Crippen molar-refractivity contribution in [2.24, 2.45) is 5.92 Å². The molecule has 1 aromatic rings. The minimum atomic E-state index is 0.0724. The molecular formula is C15H22ClNOS. The van der Waals surface area contributed by atoms with E-state index >= 15 is 0 Å². The van der Waals surface area contributed by atoms with Crippen molar-refractivity contribution in [3.8, 4) is 0 Å². The summed E-state index contributed by atoms with van der Waals surface area (Å²) in [6.45, 7) is 4.24. The van der Waals surface area contributed by atoms with Crippen molar-refractivity contribution in [3.05, 3.63) is 21.4 Å². The first-order valence-corrected chi connectivity index (χ1v) is 8.45. The van der Waals surface area contributed by atoms with E-state index in [2.05, 4.69) is 25.2 Å². The maximum absolute atomic E-state index is 12.3. The van der Waals surface area contributed by atoms with Gasteiger partial charge in [-0.25, -0.2) is 0 Å². The molecule has 1 amide bonds. The molecule has 19 heavy (non-hydrogen) atoms. The van der Waals surface area contributed by atoms with E-state index in [9.17, 15) is 4.79 Å². The number of halogens is 1. The lowest BCUT2D eigenvalue weighted by Gasteiger charge is -2.20. The normalized spacial score (nSPS) is 16.2. The molecule has 1 aliphatic rings. The molecular weight excluding hydrogens is 278 g/mol. The van der Waals surface area contributed by atoms with E-state index in [1.54, 1.807) is 11.3 Å². The second-order valence-corrected chi connectivity index (χ2v) is 7.08. The Labute approximate surface area is 124 Å². The number of carbonyl (C=O) groups is 1. The summed E-state index contributed by atoms with van der Waals surface area (Å²) in [5, 5.41) is 3.13. The molecule has 1 atom stereocenters. The standard InChI is InChI=1S/C15H22ClNOS/c1-10(2)12(7-8-16)17-15(18)14-9-11-5-3-4-6-13(11)19-14/h9-10,12H,3-8H2,1-2H3,(H,17,18). The minimum Gasteiger partial charge on any atom is -0.348 e. The van der Waals surface area contributed by atoms with Gasteiger partial charge in [-0.2, -0.15) is 0 Å². The number of nitrogens with one attached hydrogen (secondary N) is 1. The first kappa shape index (κ1) is 14.9. The molecule has 1 N–H and O–H groups in total. The van der Waals surface area contributed by atoms with E-state index in [4.69, 9.17) is 11.6 Å². The van der Waals surface area contributed by atoms with Crippen LogP contribution in [0, 0.1) is 5.92 Å². The predicted molar refractivity (Wildman–Crippen MR) is 82.4 cm³/mol. The van der Waals surface area contributed by atoms with Gasteiger partial charge in [0.15, 0.2) is 0 Å². The average Bonchev–Trinajstić information content (AvgIpc) is 2.81. The van der Waals surface area contributed by atoms with Crippen LogP contribution in [0.2, 0.25) is 0 Å². The lowest BCUT2D eigenvalue weighted by atomic mass is 9.99. The Morgan fingerprint density at radius 1 is 1.42 bits per heavy atom. The number of fused-ring (bicyclic) bond motifs is 1. The van der Waals surface area contributed by atoms with Crippen molar-refractivity contribution in [2.45, 2.75) is 52.0 Å². The van der Waals surface area contributed by atoms with Crippen molar-refractivity contribution in [2.75, 3.05) is 5.88 Å². The Bertz CT molecular complexity index is 418. The van der Waals surface area contributed by atoms with Crippen molar-refractivity contribution in [3.63, 3.8) is 0 Å². The highest BCUT2D eigenvalue weighted by atomic mass is 35.5. The Hall–Kier alpha value is -0.540. The van der Waals surface area contributed by atoms with Gasteiger partial charge >= 0.3 is 0 Å². The zero-order chi connectivity index (χ0) is 13.8. The van der Waals surface area contributed by atoms with Crippen LogP contribution in [-0.4, -0.2) is 17.8 Å². The van der Waals surface area contributed by atoms with Crippen LogP contribution in [0.15, 0.2) is 6.07 Å². The van der Waals surface area contributed by atoms with Crippen molar-refractivity contribution in [1.82, 2.24) is 5.32 Å². The van der Waals surface area contributed by atoms with Crippen LogP contribution in [0.5, 0.6) is 0 Å². The first-order valence-electron chi connectivity index (χ1n) is 7.10. The quantitative estimate of drug-likeness (QED) is 0.818. The molecule has 0 aliphatic heterocycles. The van der Waals surface area contributed by atoms with Crippen LogP contribution in [0.4, 0.5) is 0 Å². The SMILES string of the molecule is CC(C)C(CCCl)NC(=O)c1cc2c(s1)CCCC2. The van der Waals surface area contributed by atoms with Crippen molar-refractivity contribution < 1.29 is 4.79 Å². The molecule has 2 rings (SSSR count). The van der Waals surface area contributed by atoms with Gasteiger partial charge in [0.05, 0.1) is 4.88 Å². The molecule has 1 aliphatic carbocycles. The highest BCUT2D eigenvalue weighted by Crippen LogP contribution is 2.29. The van der Waals surface area contributed by atoms with Crippen LogP contribution < -0.4 is 5.32 Å². The number of hydrogen-bond acceptors (Lipinski definition) is 2. The van der Waals surface area contributed by atoms with Gasteiger partial charge in [-0.3, -0.25) is 4.79 Å². The summed E-state index contributed by atoms with van der Waals surface area (Å²) < 4.78 is 0. The van der Waals surface area contributed by atoms with Crippen LogP contribution in [0.1, 0.15) is 53.2 Å². The van der Waals surface area contributed by atoms with Gasteiger partial charge in [-0.1, -0.05) is 13.8 Å². The molecule has 0 radical (unpaired) electrons. The van der Waals surface area contributed by atoms with Gasteiger partial charge < -0.3 is 5.32 Å². The molecule has 0 bridgehead atoms. The second-order valence-electron chi connectivity index (χ2n) is 5.57. The summed E-state index contributed by atoms with van der Waals surface area (Å²) in [7, 11) is 0. The van der Waals surface area contributed by atoms with E-state index < -0.39 is 0 Å². The average molecular weight is 300 g/mol. The molecule has 1 heterocycles. The van der Waals surface area contributed by atoms with Gasteiger partial charge in [-0.15, -0.1) is 22.9 Å². The number of rotatable bonds is 5. The van der Waals surface area contributed by atoms with Crippen molar-refractivity contribution in [1.29, 1.82) is 0 Å². The Balaban J connectivity index is 2.04. The number of carbonyl (C=O) groups excluding carboxylic acids is 1. The zero-order valence-electron chi connectivity index (χ0n) is 11.7. The largest absolute Gasteiger partial charge is 0.348 e. The highest BCUT2D eigenvalue weighted by molar-refractivity contribution is 7.14. The minimum absolute atomic E-state index is 0.0724. The van der Waals surface area contributed by atoms with Gasteiger partial charge in [0.1, 0.15) is 0 Å². The van der Waals surface area contributed by atoms with Crippen LogP contribution in [-0.2, 0) is 12.8 Å². The molecule has 0 fully saturated rings. The van der Waals surface area contributed by atoms with Crippen molar-refractivity contribution >= 4 is 28.8 Å². The van der Waals surface area contributed by atoms with Gasteiger partial charge in [-0.05, 0) is 49.7 Å². The molecule has 0 saturated carbocycles. The van der Waals surface area contributed by atoms with E-state index in [0.29, 0.717) is 11.8 Å². The summed E-state index contributed by atoms with van der Waals surface area (Å²) in [5.41, 5.74) is 1.39. The number of aryl methyl sites for hydroxylation is 2. The Morgan fingerprint density at radius 3 is 2.79 bits per heavy atom. The molecule has 0 spiro atoms. The predicted octanol–water partition coefficient (Wildman–Crippen LogP) is 4.01. The number of thiophene rings is 1. The molecule has 0 aromatic carbocycles. The van der Waals surface area contributed by atoms with Gasteiger partial charge in [0.2, 0.25) is 0 Å². The monoisotopic (exact) mass is 299 g/mol. The van der Waals surface area contributed by atoms with Gasteiger partial charge in [0.25, 0.3) is 5.91 Å². The fourth-order valence-electron chi connectivity index (χ4n) is 2.53. The van der Waals surface area contributed by atoms with Gasteiger partial charge in [0, 0.05) is 16.8 Å². The Kier molecular flexibility index (Phi) is 5.28. The van der Waals surface area contributed by atoms with Crippen LogP contribution >= 0.6 is 22.9 Å². The summed E-state index contributed by atoms with van der Waals surface area (Å²) in [5.74, 6) is 1.07. The van der Waals surface area contributed by atoms with E-state index in [-0.39, 0.29) is 11.9 Å². The smallest absolute Gasteiger partial charge is 0.261 e.